The molecule has 1 saturated heterocycles. The van der Waals surface area contributed by atoms with Gasteiger partial charge in [-0.25, -0.2) is 14.4 Å². The number of aromatic amines is 1. The van der Waals surface area contributed by atoms with E-state index in [2.05, 4.69) is 4.74 Å². The molecule has 184 valence electrons. The standard InChI is InChI=1S/C16H23N5O12/c17-6(8(24)4(22)3-32-15(18)30)12(27)20-7(14(28)29)11-9(25)10(26)13(33-11)21-2-1-5(23)19-16(21)31/h1-2,4,6-11,13,22,24-26H,3,17H2,(H2,18,30)(H,20,27)(H,28,29)(H,19,23,31)/t4-,6-,7-,8-,9-,10+,11+,13+/m0/s1. The average Bonchev–Trinajstić information content (AvgIpc) is 3.03. The molecule has 0 radical (unpaired) electrons. The summed E-state index contributed by atoms with van der Waals surface area (Å²) in [5.74, 6) is -3.06. The van der Waals surface area contributed by atoms with Crippen molar-refractivity contribution in [2.75, 3.05) is 6.61 Å². The Hall–Kier alpha value is -3.35. The molecule has 0 unspecified atom stereocenters. The van der Waals surface area contributed by atoms with Crippen molar-refractivity contribution in [1.29, 1.82) is 0 Å². The van der Waals surface area contributed by atoms with Gasteiger partial charge in [-0.3, -0.25) is 19.1 Å². The highest BCUT2D eigenvalue weighted by Crippen LogP contribution is 2.30. The molecule has 33 heavy (non-hydrogen) atoms. The van der Waals surface area contributed by atoms with Gasteiger partial charge in [-0.15, -0.1) is 0 Å². The number of hydrogen-bond donors (Lipinski definition) is 9. The summed E-state index contributed by atoms with van der Waals surface area (Å²) in [6, 6.07) is -3.05. The van der Waals surface area contributed by atoms with E-state index in [0.717, 1.165) is 12.3 Å². The predicted molar refractivity (Wildman–Crippen MR) is 102 cm³/mol. The van der Waals surface area contributed by atoms with Gasteiger partial charge in [0.15, 0.2) is 12.3 Å². The molecular formula is C16H23N5O12. The highest BCUT2D eigenvalue weighted by atomic mass is 16.6. The summed E-state index contributed by atoms with van der Waals surface area (Å²) in [6.45, 7) is -0.813. The SMILES string of the molecule is NC(=O)OC[C@H](O)[C@H](O)[C@H](N)C(=O)N[C@H](C(=O)O)[C@H]1O[C@@H](n2ccc(=O)[nH]c2=O)[C@H](O)[C@@H]1O. The topological polar surface area (TPSA) is 290 Å². The van der Waals surface area contributed by atoms with Gasteiger partial charge >= 0.3 is 17.8 Å². The highest BCUT2D eigenvalue weighted by Gasteiger charge is 2.50. The van der Waals surface area contributed by atoms with E-state index in [-0.39, 0.29) is 0 Å². The van der Waals surface area contributed by atoms with E-state index in [1.807, 2.05) is 10.3 Å². The molecule has 1 fully saturated rings. The Morgan fingerprint density at radius 3 is 2.42 bits per heavy atom. The predicted octanol–water partition coefficient (Wildman–Crippen LogP) is -6.13. The molecule has 8 atom stereocenters. The van der Waals surface area contributed by atoms with Gasteiger partial charge in [-0.05, 0) is 0 Å². The van der Waals surface area contributed by atoms with Crippen LogP contribution in [0.2, 0.25) is 0 Å². The third-order valence-electron chi connectivity index (χ3n) is 4.75. The van der Waals surface area contributed by atoms with Crippen LogP contribution in [0.5, 0.6) is 0 Å². The van der Waals surface area contributed by atoms with Crippen LogP contribution < -0.4 is 28.0 Å². The number of aromatic nitrogens is 2. The number of primary amides is 1. The summed E-state index contributed by atoms with van der Waals surface area (Å²) in [5, 5.41) is 51.5. The van der Waals surface area contributed by atoms with Crippen molar-refractivity contribution in [3.63, 3.8) is 0 Å². The zero-order valence-electron chi connectivity index (χ0n) is 16.7. The van der Waals surface area contributed by atoms with Crippen LogP contribution in [0.3, 0.4) is 0 Å². The Bertz CT molecular complexity index is 995. The lowest BCUT2D eigenvalue weighted by Gasteiger charge is -2.27. The molecule has 17 heteroatoms. The van der Waals surface area contributed by atoms with Gasteiger partial charge in [0.05, 0.1) is 0 Å². The first-order valence-electron chi connectivity index (χ1n) is 9.25. The number of nitrogens with zero attached hydrogens (tertiary/aromatic N) is 1. The number of carbonyl (C=O) groups excluding carboxylic acids is 2. The van der Waals surface area contributed by atoms with Crippen molar-refractivity contribution in [3.05, 3.63) is 33.1 Å². The maximum Gasteiger partial charge on any atom is 0.404 e. The number of carbonyl (C=O) groups is 3. The summed E-state index contributed by atoms with van der Waals surface area (Å²) in [4.78, 5) is 59.6. The lowest BCUT2D eigenvalue weighted by Crippen LogP contribution is -2.60. The van der Waals surface area contributed by atoms with Crippen molar-refractivity contribution >= 4 is 18.0 Å². The smallest absolute Gasteiger partial charge is 0.404 e. The third kappa shape index (κ3) is 5.92. The number of aliphatic carboxylic acids is 1. The van der Waals surface area contributed by atoms with Crippen molar-refractivity contribution in [3.8, 4) is 0 Å². The van der Waals surface area contributed by atoms with E-state index < -0.39 is 84.7 Å². The summed E-state index contributed by atoms with van der Waals surface area (Å²) >= 11 is 0. The lowest BCUT2D eigenvalue weighted by molar-refractivity contribution is -0.150. The second-order valence-corrected chi connectivity index (χ2v) is 7.03. The van der Waals surface area contributed by atoms with Gasteiger partial charge in [0.2, 0.25) is 5.91 Å². The van der Waals surface area contributed by atoms with E-state index in [0.29, 0.717) is 4.57 Å². The van der Waals surface area contributed by atoms with Gasteiger partial charge in [0.1, 0.15) is 43.2 Å². The first-order chi connectivity index (χ1) is 15.3. The van der Waals surface area contributed by atoms with Crippen LogP contribution in [-0.2, 0) is 19.1 Å². The number of H-pyrrole nitrogens is 1. The quantitative estimate of drug-likeness (QED) is 0.160. The molecule has 1 aliphatic heterocycles. The summed E-state index contributed by atoms with van der Waals surface area (Å²) < 4.78 is 10.3. The Morgan fingerprint density at radius 2 is 1.88 bits per heavy atom. The first kappa shape index (κ1) is 25.9. The normalized spacial score (nSPS) is 26.1. The van der Waals surface area contributed by atoms with Gasteiger partial charge in [-0.2, -0.15) is 0 Å². The molecule has 17 nitrogen and oxygen atoms in total. The number of hydrogen-bond acceptors (Lipinski definition) is 12. The molecule has 2 rings (SSSR count). The molecular weight excluding hydrogens is 454 g/mol. The van der Waals surface area contributed by atoms with E-state index in [1.54, 1.807) is 0 Å². The minimum atomic E-state index is -2.04. The first-order valence-corrected chi connectivity index (χ1v) is 9.25. The Balaban J connectivity index is 2.16. The van der Waals surface area contributed by atoms with E-state index in [1.165, 1.54) is 0 Å². The number of amides is 2. The molecule has 1 aromatic rings. The van der Waals surface area contributed by atoms with Crippen LogP contribution in [0.25, 0.3) is 0 Å². The summed E-state index contributed by atoms with van der Waals surface area (Å²) in [6.07, 6.45) is -11.4. The van der Waals surface area contributed by atoms with Gasteiger partial charge in [0.25, 0.3) is 5.56 Å². The van der Waals surface area contributed by atoms with Crippen LogP contribution >= 0.6 is 0 Å². The molecule has 2 amide bonds. The van der Waals surface area contributed by atoms with Gasteiger partial charge < -0.3 is 51.8 Å². The Labute approximate surface area is 183 Å². The Morgan fingerprint density at radius 1 is 1.24 bits per heavy atom. The minimum Gasteiger partial charge on any atom is -0.480 e. The molecule has 0 aromatic carbocycles. The number of carboxylic acids is 1. The number of aliphatic hydroxyl groups is 4. The zero-order valence-corrected chi connectivity index (χ0v) is 16.7. The highest BCUT2D eigenvalue weighted by molar-refractivity contribution is 5.87. The second kappa shape index (κ2) is 10.5. The van der Waals surface area contributed by atoms with Crippen LogP contribution in [0.1, 0.15) is 6.23 Å². The third-order valence-corrected chi connectivity index (χ3v) is 4.75. The number of nitrogens with one attached hydrogen (secondary N) is 2. The van der Waals surface area contributed by atoms with Crippen molar-refractivity contribution in [2.24, 2.45) is 11.5 Å². The van der Waals surface area contributed by atoms with Crippen molar-refractivity contribution < 1.29 is 49.4 Å². The zero-order chi connectivity index (χ0) is 25.0. The fraction of sp³-hybridized carbons (Fsp3) is 0.562. The number of rotatable bonds is 9. The second-order valence-electron chi connectivity index (χ2n) is 7.03. The molecule has 2 heterocycles. The number of ether oxygens (including phenoxy) is 2. The van der Waals surface area contributed by atoms with Gasteiger partial charge in [-0.1, -0.05) is 0 Å². The monoisotopic (exact) mass is 477 g/mol. The molecule has 1 aromatic heterocycles. The molecule has 0 spiro atoms. The fourth-order valence-electron chi connectivity index (χ4n) is 3.01. The van der Waals surface area contributed by atoms with Crippen LogP contribution in [-0.4, -0.2) is 102 Å². The van der Waals surface area contributed by atoms with Crippen molar-refractivity contribution in [2.45, 2.75) is 48.8 Å². The van der Waals surface area contributed by atoms with E-state index >= 15 is 0 Å². The molecule has 0 bridgehead atoms. The van der Waals surface area contributed by atoms with Crippen LogP contribution in [0.4, 0.5) is 4.79 Å². The van der Waals surface area contributed by atoms with Crippen LogP contribution in [0.15, 0.2) is 21.9 Å². The largest absolute Gasteiger partial charge is 0.480 e. The minimum absolute atomic E-state index is 0.695. The maximum atomic E-state index is 12.3. The number of aliphatic hydroxyl groups excluding tert-OH is 4. The molecule has 1 aliphatic rings. The molecule has 0 saturated carbocycles. The molecule has 0 aliphatic carbocycles. The average molecular weight is 477 g/mol. The van der Waals surface area contributed by atoms with Crippen molar-refractivity contribution in [1.82, 2.24) is 14.9 Å². The van der Waals surface area contributed by atoms with Crippen LogP contribution in [0, 0.1) is 0 Å². The number of carboxylic acid groups (broad SMARTS) is 1. The fourth-order valence-corrected chi connectivity index (χ4v) is 3.01. The number of nitrogens with two attached hydrogens (primary N) is 2. The van der Waals surface area contributed by atoms with E-state index in [4.69, 9.17) is 16.2 Å². The summed E-state index contributed by atoms with van der Waals surface area (Å²) in [5.41, 5.74) is 8.45. The lowest BCUT2D eigenvalue weighted by atomic mass is 10.0. The maximum absolute atomic E-state index is 12.3. The summed E-state index contributed by atoms with van der Waals surface area (Å²) in [7, 11) is 0. The Kier molecular flexibility index (Phi) is 8.25. The van der Waals surface area contributed by atoms with E-state index in [9.17, 15) is 49.5 Å². The molecule has 11 N–H and O–H groups in total. The van der Waals surface area contributed by atoms with Gasteiger partial charge in [0, 0.05) is 12.3 Å².